The maximum Gasteiger partial charge on any atom is 0.322 e. The molecule has 0 aliphatic carbocycles. The van der Waals surface area contributed by atoms with Gasteiger partial charge in [0.2, 0.25) is 0 Å². The largest absolute Gasteiger partial charge is 0.322 e. The monoisotopic (exact) mass is 293 g/mol. The fraction of sp³-hybridized carbons (Fsp3) is 0.533. The number of halogens is 1. The summed E-state index contributed by atoms with van der Waals surface area (Å²) in [6.07, 6.45) is 2.32. The lowest BCUT2D eigenvalue weighted by Gasteiger charge is -2.36. The van der Waals surface area contributed by atoms with Crippen LogP contribution in [0, 0.1) is 5.92 Å². The number of hydrogen-bond donors (Lipinski definition) is 1. The van der Waals surface area contributed by atoms with Gasteiger partial charge >= 0.3 is 6.03 Å². The van der Waals surface area contributed by atoms with Crippen LogP contribution in [-0.2, 0) is 0 Å². The first-order valence-electron chi connectivity index (χ1n) is 7.15. The van der Waals surface area contributed by atoms with Crippen molar-refractivity contribution in [3.05, 3.63) is 29.3 Å². The van der Waals surface area contributed by atoms with E-state index in [-0.39, 0.29) is 6.03 Å². The van der Waals surface area contributed by atoms with Crippen LogP contribution < -0.4 is 5.32 Å². The molecular weight excluding hydrogens is 274 g/mol. The quantitative estimate of drug-likeness (QED) is 0.864. The van der Waals surface area contributed by atoms with Crippen LogP contribution in [0.5, 0.6) is 0 Å². The van der Waals surface area contributed by atoms with Gasteiger partial charge in [0.25, 0.3) is 0 Å². The number of nitrogens with one attached hydrogen (secondary N) is 1. The number of carbonyl (C=O) groups is 1. The summed E-state index contributed by atoms with van der Waals surface area (Å²) in [4.78, 5) is 16.7. The summed E-state index contributed by atoms with van der Waals surface area (Å²) < 4.78 is 0. The Hall–Kier alpha value is -1.26. The number of urea groups is 1. The minimum atomic E-state index is -0.00457. The third-order valence-electron chi connectivity index (χ3n) is 4.40. The van der Waals surface area contributed by atoms with Crippen molar-refractivity contribution >= 4 is 23.3 Å². The van der Waals surface area contributed by atoms with E-state index in [4.69, 9.17) is 11.6 Å². The lowest BCUT2D eigenvalue weighted by molar-refractivity contribution is 0.137. The average molecular weight is 294 g/mol. The van der Waals surface area contributed by atoms with Gasteiger partial charge in [0.15, 0.2) is 0 Å². The number of benzene rings is 1. The SMILES string of the molecule is CN1CCC2CCN(C(=O)Nc3cccc(Cl)c3)C2C1. The molecule has 0 radical (unpaired) electrons. The topological polar surface area (TPSA) is 35.6 Å². The van der Waals surface area contributed by atoms with Gasteiger partial charge in [-0.3, -0.25) is 0 Å². The second-order valence-corrected chi connectivity index (χ2v) is 6.24. The maximum absolute atomic E-state index is 12.4. The summed E-state index contributed by atoms with van der Waals surface area (Å²) in [5.41, 5.74) is 0.759. The van der Waals surface area contributed by atoms with E-state index in [2.05, 4.69) is 17.3 Å². The molecule has 2 fully saturated rings. The Morgan fingerprint density at radius 1 is 1.35 bits per heavy atom. The zero-order valence-electron chi connectivity index (χ0n) is 11.7. The molecule has 2 amide bonds. The van der Waals surface area contributed by atoms with E-state index < -0.39 is 0 Å². The molecule has 0 bridgehead atoms. The molecule has 1 N–H and O–H groups in total. The Morgan fingerprint density at radius 3 is 2.95 bits per heavy atom. The van der Waals surface area contributed by atoms with Crippen molar-refractivity contribution in [2.24, 2.45) is 5.92 Å². The summed E-state index contributed by atoms with van der Waals surface area (Å²) in [6, 6.07) is 7.64. The number of anilines is 1. The van der Waals surface area contributed by atoms with Gasteiger partial charge in [-0.1, -0.05) is 17.7 Å². The highest BCUT2D eigenvalue weighted by molar-refractivity contribution is 6.30. The highest BCUT2D eigenvalue weighted by atomic mass is 35.5. The third-order valence-corrected chi connectivity index (χ3v) is 4.64. The van der Waals surface area contributed by atoms with Crippen LogP contribution in [0.4, 0.5) is 10.5 Å². The Morgan fingerprint density at radius 2 is 2.15 bits per heavy atom. The Balaban J connectivity index is 1.68. The summed E-state index contributed by atoms with van der Waals surface area (Å²) >= 11 is 5.95. The van der Waals surface area contributed by atoms with Crippen molar-refractivity contribution in [1.82, 2.24) is 9.80 Å². The summed E-state index contributed by atoms with van der Waals surface area (Å²) in [5, 5.41) is 3.60. The molecule has 2 heterocycles. The molecule has 2 unspecified atom stereocenters. The van der Waals surface area contributed by atoms with Crippen LogP contribution in [0.25, 0.3) is 0 Å². The number of carbonyl (C=O) groups excluding carboxylic acids is 1. The number of fused-ring (bicyclic) bond motifs is 1. The van der Waals surface area contributed by atoms with E-state index in [1.807, 2.05) is 17.0 Å². The van der Waals surface area contributed by atoms with E-state index in [0.717, 1.165) is 31.7 Å². The van der Waals surface area contributed by atoms with Crippen LogP contribution in [0.2, 0.25) is 5.02 Å². The van der Waals surface area contributed by atoms with Crippen molar-refractivity contribution in [1.29, 1.82) is 0 Å². The number of likely N-dealkylation sites (N-methyl/N-ethyl adjacent to an activating group) is 1. The van der Waals surface area contributed by atoms with E-state index >= 15 is 0 Å². The molecule has 0 spiro atoms. The molecule has 108 valence electrons. The molecule has 20 heavy (non-hydrogen) atoms. The van der Waals surface area contributed by atoms with Gasteiger partial charge in [0.1, 0.15) is 0 Å². The minimum Gasteiger partial charge on any atom is -0.320 e. The number of piperidine rings is 1. The predicted octanol–water partition coefficient (Wildman–Crippen LogP) is 2.90. The van der Waals surface area contributed by atoms with Crippen LogP contribution in [-0.4, -0.2) is 48.6 Å². The van der Waals surface area contributed by atoms with Crippen molar-refractivity contribution in [2.45, 2.75) is 18.9 Å². The van der Waals surface area contributed by atoms with Crippen molar-refractivity contribution in [3.8, 4) is 0 Å². The van der Waals surface area contributed by atoms with Gasteiger partial charge in [-0.05, 0) is 50.6 Å². The van der Waals surface area contributed by atoms with Crippen molar-refractivity contribution in [2.75, 3.05) is 32.0 Å². The highest BCUT2D eigenvalue weighted by Crippen LogP contribution is 2.31. The number of rotatable bonds is 1. The molecule has 2 aliphatic heterocycles. The normalized spacial score (nSPS) is 26.4. The molecule has 0 saturated carbocycles. The molecule has 5 heteroatoms. The molecule has 2 saturated heterocycles. The predicted molar refractivity (Wildman–Crippen MR) is 81.2 cm³/mol. The Bertz CT molecular complexity index is 508. The average Bonchev–Trinajstić information content (AvgIpc) is 2.81. The van der Waals surface area contributed by atoms with Gasteiger partial charge in [-0.15, -0.1) is 0 Å². The van der Waals surface area contributed by atoms with E-state index in [0.29, 0.717) is 17.0 Å². The van der Waals surface area contributed by atoms with Crippen LogP contribution in [0.15, 0.2) is 24.3 Å². The van der Waals surface area contributed by atoms with Gasteiger partial charge in [0.05, 0.1) is 0 Å². The maximum atomic E-state index is 12.4. The lowest BCUT2D eigenvalue weighted by Crippen LogP contribution is -2.49. The minimum absolute atomic E-state index is 0.00457. The van der Waals surface area contributed by atoms with Crippen LogP contribution >= 0.6 is 11.6 Å². The van der Waals surface area contributed by atoms with E-state index in [9.17, 15) is 4.79 Å². The second kappa shape index (κ2) is 5.62. The Labute approximate surface area is 124 Å². The molecule has 1 aromatic rings. The lowest BCUT2D eigenvalue weighted by atomic mass is 9.92. The first-order valence-corrected chi connectivity index (χ1v) is 7.53. The molecule has 2 atom stereocenters. The number of nitrogens with zero attached hydrogens (tertiary/aromatic N) is 2. The summed E-state index contributed by atoms with van der Waals surface area (Å²) in [6.45, 7) is 2.98. The number of hydrogen-bond acceptors (Lipinski definition) is 2. The first kappa shape index (κ1) is 13.7. The van der Waals surface area contributed by atoms with Crippen LogP contribution in [0.1, 0.15) is 12.8 Å². The molecule has 4 nitrogen and oxygen atoms in total. The Kier molecular flexibility index (Phi) is 3.85. The molecule has 3 rings (SSSR count). The molecule has 0 aromatic heterocycles. The van der Waals surface area contributed by atoms with Gasteiger partial charge in [-0.25, -0.2) is 4.79 Å². The smallest absolute Gasteiger partial charge is 0.320 e. The zero-order chi connectivity index (χ0) is 14.1. The van der Waals surface area contributed by atoms with E-state index in [1.165, 1.54) is 6.42 Å². The zero-order valence-corrected chi connectivity index (χ0v) is 12.4. The highest BCUT2D eigenvalue weighted by Gasteiger charge is 2.39. The number of likely N-dealkylation sites (tertiary alicyclic amines) is 2. The summed E-state index contributed by atoms with van der Waals surface area (Å²) in [5.74, 6) is 0.663. The fourth-order valence-corrected chi connectivity index (χ4v) is 3.50. The third kappa shape index (κ3) is 2.76. The van der Waals surface area contributed by atoms with Gasteiger partial charge < -0.3 is 15.1 Å². The van der Waals surface area contributed by atoms with Crippen molar-refractivity contribution < 1.29 is 4.79 Å². The van der Waals surface area contributed by atoms with Crippen molar-refractivity contribution in [3.63, 3.8) is 0 Å². The van der Waals surface area contributed by atoms with Gasteiger partial charge in [0, 0.05) is 29.8 Å². The van der Waals surface area contributed by atoms with Crippen LogP contribution in [0.3, 0.4) is 0 Å². The first-order chi connectivity index (χ1) is 9.63. The standard InChI is InChI=1S/C15H20ClN3O/c1-18-7-5-11-6-8-19(14(11)10-18)15(20)17-13-4-2-3-12(16)9-13/h2-4,9,11,14H,5-8,10H2,1H3,(H,17,20). The summed E-state index contributed by atoms with van der Waals surface area (Å²) in [7, 11) is 2.13. The van der Waals surface area contributed by atoms with Gasteiger partial charge in [-0.2, -0.15) is 0 Å². The van der Waals surface area contributed by atoms with E-state index in [1.54, 1.807) is 12.1 Å². The molecule has 1 aromatic carbocycles. The fourth-order valence-electron chi connectivity index (χ4n) is 3.31. The molecule has 2 aliphatic rings. The number of amides is 2. The second-order valence-electron chi connectivity index (χ2n) is 5.80. The molecular formula is C15H20ClN3O.